The lowest BCUT2D eigenvalue weighted by molar-refractivity contribution is -0.137. The van der Waals surface area contributed by atoms with Gasteiger partial charge in [-0.1, -0.05) is 22.0 Å². The van der Waals surface area contributed by atoms with Gasteiger partial charge in [-0.15, -0.1) is 19.0 Å². The molecule has 0 saturated heterocycles. The van der Waals surface area contributed by atoms with Crippen molar-refractivity contribution in [3.8, 4) is 0 Å². The molecule has 17 heavy (non-hydrogen) atoms. The van der Waals surface area contributed by atoms with Gasteiger partial charge >= 0.3 is 6.18 Å². The van der Waals surface area contributed by atoms with Crippen LogP contribution >= 0.6 is 28.3 Å². The van der Waals surface area contributed by atoms with Gasteiger partial charge < -0.3 is 5.73 Å². The largest absolute Gasteiger partial charge is 0.416 e. The fourth-order valence-corrected chi connectivity index (χ4v) is 1.82. The van der Waals surface area contributed by atoms with Crippen LogP contribution in [-0.4, -0.2) is 0 Å². The number of halogens is 5. The fourth-order valence-electron chi connectivity index (χ4n) is 1.31. The Labute approximate surface area is 112 Å². The Morgan fingerprint density at radius 2 is 1.94 bits per heavy atom. The zero-order valence-corrected chi connectivity index (χ0v) is 11.2. The molecule has 6 heteroatoms. The minimum Gasteiger partial charge on any atom is -0.324 e. The van der Waals surface area contributed by atoms with Crippen LogP contribution < -0.4 is 5.73 Å². The first-order chi connectivity index (χ1) is 7.34. The van der Waals surface area contributed by atoms with Crippen molar-refractivity contribution in [2.45, 2.75) is 18.6 Å². The van der Waals surface area contributed by atoms with Crippen LogP contribution in [0.25, 0.3) is 0 Å². The van der Waals surface area contributed by atoms with Gasteiger partial charge in [0.1, 0.15) is 0 Å². The third-order valence-electron chi connectivity index (χ3n) is 2.10. The second-order valence-electron chi connectivity index (χ2n) is 3.40. The van der Waals surface area contributed by atoms with Crippen LogP contribution in [0.15, 0.2) is 35.3 Å². The molecule has 0 saturated carbocycles. The highest BCUT2D eigenvalue weighted by Crippen LogP contribution is 2.33. The van der Waals surface area contributed by atoms with E-state index in [9.17, 15) is 13.2 Å². The zero-order valence-electron chi connectivity index (χ0n) is 8.80. The first-order valence-electron chi connectivity index (χ1n) is 4.58. The highest BCUT2D eigenvalue weighted by molar-refractivity contribution is 9.10. The van der Waals surface area contributed by atoms with Gasteiger partial charge in [-0.2, -0.15) is 13.2 Å². The van der Waals surface area contributed by atoms with E-state index < -0.39 is 17.8 Å². The third kappa shape index (κ3) is 4.69. The first kappa shape index (κ1) is 16.5. The molecule has 1 aromatic carbocycles. The normalized spacial score (nSPS) is 12.8. The average Bonchev–Trinajstić information content (AvgIpc) is 2.16. The lowest BCUT2D eigenvalue weighted by Gasteiger charge is -2.14. The minimum absolute atomic E-state index is 0. The molecule has 1 rings (SSSR count). The molecule has 0 aliphatic rings. The first-order valence-corrected chi connectivity index (χ1v) is 5.38. The maximum absolute atomic E-state index is 12.5. The van der Waals surface area contributed by atoms with E-state index in [1.165, 1.54) is 0 Å². The summed E-state index contributed by atoms with van der Waals surface area (Å²) in [5.41, 5.74) is 5.48. The van der Waals surface area contributed by atoms with Crippen molar-refractivity contribution < 1.29 is 13.2 Å². The molecule has 0 aromatic heterocycles. The quantitative estimate of drug-likeness (QED) is 0.813. The molecule has 0 aliphatic heterocycles. The van der Waals surface area contributed by atoms with Gasteiger partial charge in [0.15, 0.2) is 0 Å². The molecule has 1 nitrogen and oxygen atoms in total. The molecular weight excluding hydrogens is 318 g/mol. The topological polar surface area (TPSA) is 26.0 Å². The van der Waals surface area contributed by atoms with E-state index in [1.54, 1.807) is 12.1 Å². The maximum Gasteiger partial charge on any atom is 0.416 e. The van der Waals surface area contributed by atoms with Crippen LogP contribution in [0.4, 0.5) is 13.2 Å². The Kier molecular flexibility index (Phi) is 6.23. The van der Waals surface area contributed by atoms with E-state index >= 15 is 0 Å². The predicted octanol–water partition coefficient (Wildman–Crippen LogP) is 4.47. The summed E-state index contributed by atoms with van der Waals surface area (Å²) in [6.07, 6.45) is -2.33. The number of hydrogen-bond donors (Lipinski definition) is 1. The second kappa shape index (κ2) is 6.42. The van der Waals surface area contributed by atoms with E-state index in [1.807, 2.05) is 0 Å². The van der Waals surface area contributed by atoms with Gasteiger partial charge in [0.25, 0.3) is 0 Å². The summed E-state index contributed by atoms with van der Waals surface area (Å²) in [6.45, 7) is 3.51. The van der Waals surface area contributed by atoms with Crippen LogP contribution in [0.2, 0.25) is 0 Å². The van der Waals surface area contributed by atoms with Crippen LogP contribution in [0.5, 0.6) is 0 Å². The van der Waals surface area contributed by atoms with Gasteiger partial charge in [-0.25, -0.2) is 0 Å². The highest BCUT2D eigenvalue weighted by Gasteiger charge is 2.31. The van der Waals surface area contributed by atoms with Gasteiger partial charge in [0, 0.05) is 10.5 Å². The van der Waals surface area contributed by atoms with Crippen molar-refractivity contribution in [1.82, 2.24) is 0 Å². The molecule has 0 aliphatic carbocycles. The van der Waals surface area contributed by atoms with Crippen molar-refractivity contribution in [1.29, 1.82) is 0 Å². The Balaban J connectivity index is 0.00000256. The maximum atomic E-state index is 12.5. The molecule has 0 heterocycles. The smallest absolute Gasteiger partial charge is 0.324 e. The number of benzene rings is 1. The summed E-state index contributed by atoms with van der Waals surface area (Å²) < 4.78 is 37.9. The highest BCUT2D eigenvalue weighted by atomic mass is 79.9. The minimum atomic E-state index is -4.35. The van der Waals surface area contributed by atoms with E-state index in [4.69, 9.17) is 5.73 Å². The van der Waals surface area contributed by atoms with E-state index in [0.717, 1.165) is 12.1 Å². The number of nitrogens with two attached hydrogens (primary N) is 1. The Morgan fingerprint density at radius 1 is 1.35 bits per heavy atom. The Bertz CT molecular complexity index is 393. The summed E-state index contributed by atoms with van der Waals surface area (Å²) >= 11 is 3.04. The van der Waals surface area contributed by atoms with Crippen molar-refractivity contribution in [3.05, 3.63) is 46.5 Å². The standard InChI is InChI=1S/C11H11BrF3N.ClH/c1-2-3-10(16)7-4-8(11(13,14)15)6-9(12)5-7;/h2,4-6,10H,1,3,16H2;1H/t10-;/m1./s1. The number of alkyl halides is 3. The third-order valence-corrected chi connectivity index (χ3v) is 2.55. The summed E-state index contributed by atoms with van der Waals surface area (Å²) in [7, 11) is 0. The van der Waals surface area contributed by atoms with Gasteiger partial charge in [-0.3, -0.25) is 0 Å². The Hall–Kier alpha value is -0.520. The van der Waals surface area contributed by atoms with E-state index in [0.29, 0.717) is 16.5 Å². The molecule has 1 atom stereocenters. The number of hydrogen-bond acceptors (Lipinski definition) is 1. The SMILES string of the molecule is C=CC[C@@H](N)c1cc(Br)cc(C(F)(F)F)c1.Cl. The van der Waals surface area contributed by atoms with Crippen molar-refractivity contribution in [2.75, 3.05) is 0 Å². The van der Waals surface area contributed by atoms with E-state index in [2.05, 4.69) is 22.5 Å². The molecule has 2 N–H and O–H groups in total. The molecule has 0 unspecified atom stereocenters. The van der Waals surface area contributed by atoms with E-state index in [-0.39, 0.29) is 12.4 Å². The van der Waals surface area contributed by atoms with Gasteiger partial charge in [0.05, 0.1) is 5.56 Å². The molecule has 0 radical (unpaired) electrons. The fraction of sp³-hybridized carbons (Fsp3) is 0.273. The summed E-state index contributed by atoms with van der Waals surface area (Å²) in [5.74, 6) is 0. The monoisotopic (exact) mass is 329 g/mol. The summed E-state index contributed by atoms with van der Waals surface area (Å²) in [4.78, 5) is 0. The summed E-state index contributed by atoms with van der Waals surface area (Å²) in [6, 6.07) is 3.23. The second-order valence-corrected chi connectivity index (χ2v) is 4.32. The molecule has 0 fully saturated rings. The molecule has 1 aromatic rings. The summed E-state index contributed by atoms with van der Waals surface area (Å²) in [5, 5.41) is 0. The average molecular weight is 331 g/mol. The van der Waals surface area contributed by atoms with Crippen LogP contribution in [0.1, 0.15) is 23.6 Å². The van der Waals surface area contributed by atoms with Gasteiger partial charge in [0.2, 0.25) is 0 Å². The zero-order chi connectivity index (χ0) is 12.3. The van der Waals surface area contributed by atoms with Crippen LogP contribution in [-0.2, 0) is 6.18 Å². The lowest BCUT2D eigenvalue weighted by atomic mass is 10.0. The van der Waals surface area contributed by atoms with Crippen LogP contribution in [0, 0.1) is 0 Å². The lowest BCUT2D eigenvalue weighted by Crippen LogP contribution is -2.12. The Morgan fingerprint density at radius 3 is 2.41 bits per heavy atom. The molecule has 0 bridgehead atoms. The van der Waals surface area contributed by atoms with Crippen molar-refractivity contribution in [3.63, 3.8) is 0 Å². The molecule has 0 amide bonds. The van der Waals surface area contributed by atoms with Crippen molar-refractivity contribution in [2.24, 2.45) is 5.73 Å². The predicted molar refractivity (Wildman–Crippen MR) is 68.1 cm³/mol. The molecule has 0 spiro atoms. The molecule has 96 valence electrons. The van der Waals surface area contributed by atoms with Crippen LogP contribution in [0.3, 0.4) is 0 Å². The van der Waals surface area contributed by atoms with Crippen molar-refractivity contribution >= 4 is 28.3 Å². The number of rotatable bonds is 3. The van der Waals surface area contributed by atoms with Gasteiger partial charge in [-0.05, 0) is 30.2 Å². The molecular formula is C11H12BrClF3N.